The number of rotatable bonds is 0. The highest BCUT2D eigenvalue weighted by Gasteiger charge is 2.22. The van der Waals surface area contributed by atoms with E-state index in [1.54, 1.807) is 6.07 Å². The summed E-state index contributed by atoms with van der Waals surface area (Å²) < 4.78 is 0. The Balaban J connectivity index is 2.14. The summed E-state index contributed by atoms with van der Waals surface area (Å²) in [5.41, 5.74) is 3.66. The summed E-state index contributed by atoms with van der Waals surface area (Å²) in [5.74, 6) is -2.49. The minimum Gasteiger partial charge on any atom is -0.504 e. The first-order chi connectivity index (χ1) is 10.1. The van der Waals surface area contributed by atoms with Gasteiger partial charge in [-0.3, -0.25) is 9.59 Å². The van der Waals surface area contributed by atoms with Crippen LogP contribution in [0.1, 0.15) is 11.1 Å². The minimum absolute atomic E-state index is 0.436. The molecule has 1 N–H and O–H groups in total. The molecule has 0 saturated heterocycles. The van der Waals surface area contributed by atoms with Crippen LogP contribution in [0, 0.1) is 0 Å². The van der Waals surface area contributed by atoms with E-state index in [1.165, 1.54) is 6.08 Å². The standard InChI is InChI=1S/C17H9NO3/c19-14-8-10-5-6-12-11-4-2-1-3-9(11)7-13(12)15(10)18-17(21)16(14)20/h1-8,19H. The highest BCUT2D eigenvalue weighted by Crippen LogP contribution is 2.25. The van der Waals surface area contributed by atoms with Crippen molar-refractivity contribution in [1.82, 2.24) is 0 Å². The van der Waals surface area contributed by atoms with Crippen LogP contribution in [0.25, 0.3) is 23.3 Å². The molecule has 0 saturated carbocycles. The Hall–Kier alpha value is -3.01. The Labute approximate surface area is 119 Å². The van der Waals surface area contributed by atoms with Crippen molar-refractivity contribution in [3.63, 3.8) is 0 Å². The minimum atomic E-state index is -0.976. The molecule has 2 aliphatic rings. The molecule has 100 valence electrons. The zero-order valence-corrected chi connectivity index (χ0v) is 10.8. The third-order valence-electron chi connectivity index (χ3n) is 3.73. The van der Waals surface area contributed by atoms with Crippen LogP contribution < -0.4 is 10.6 Å². The van der Waals surface area contributed by atoms with Crippen LogP contribution in [0.15, 0.2) is 47.1 Å². The quantitative estimate of drug-likeness (QED) is 0.625. The molecule has 0 unspecified atom stereocenters. The Morgan fingerprint density at radius 1 is 0.857 bits per heavy atom. The number of Topliss-reactive ketones (excluding diaryl/α,β-unsaturated/α-hetero) is 1. The van der Waals surface area contributed by atoms with E-state index in [4.69, 9.17) is 0 Å². The monoisotopic (exact) mass is 275 g/mol. The van der Waals surface area contributed by atoms with Gasteiger partial charge in [0.25, 0.3) is 5.78 Å². The van der Waals surface area contributed by atoms with Gasteiger partial charge in [0.05, 0.1) is 5.36 Å². The van der Waals surface area contributed by atoms with Crippen LogP contribution in [-0.4, -0.2) is 16.8 Å². The first-order valence-corrected chi connectivity index (χ1v) is 6.47. The predicted octanol–water partition coefficient (Wildman–Crippen LogP) is 1.12. The molecule has 1 amide bonds. The number of carbonyl (C=O) groups excluding carboxylic acids is 2. The molecule has 1 aliphatic carbocycles. The van der Waals surface area contributed by atoms with Crippen molar-refractivity contribution in [2.24, 2.45) is 4.99 Å². The number of ketones is 1. The lowest BCUT2D eigenvalue weighted by molar-refractivity contribution is -0.135. The number of hydrogen-bond donors (Lipinski definition) is 1. The third kappa shape index (κ3) is 1.59. The molecule has 2 aromatic rings. The van der Waals surface area contributed by atoms with Crippen LogP contribution >= 0.6 is 0 Å². The Morgan fingerprint density at radius 3 is 2.52 bits per heavy atom. The number of fused-ring (bicyclic) bond motifs is 5. The molecule has 2 aromatic carbocycles. The average Bonchev–Trinajstić information content (AvgIpc) is 2.82. The van der Waals surface area contributed by atoms with Crippen molar-refractivity contribution in [1.29, 1.82) is 0 Å². The summed E-state index contributed by atoms with van der Waals surface area (Å²) in [6, 6.07) is 11.5. The fraction of sp³-hybridized carbons (Fsp3) is 0. The fourth-order valence-electron chi connectivity index (χ4n) is 2.75. The molecule has 21 heavy (non-hydrogen) atoms. The van der Waals surface area contributed by atoms with Gasteiger partial charge in [0.15, 0.2) is 5.76 Å². The van der Waals surface area contributed by atoms with E-state index in [0.29, 0.717) is 10.9 Å². The van der Waals surface area contributed by atoms with Gasteiger partial charge in [-0.2, -0.15) is 0 Å². The van der Waals surface area contributed by atoms with E-state index >= 15 is 0 Å². The van der Waals surface area contributed by atoms with E-state index in [0.717, 1.165) is 21.9 Å². The second-order valence-corrected chi connectivity index (χ2v) is 4.97. The molecule has 4 nitrogen and oxygen atoms in total. The summed E-state index contributed by atoms with van der Waals surface area (Å²) in [6.45, 7) is 0. The molecule has 1 heterocycles. The number of benzene rings is 2. The van der Waals surface area contributed by atoms with Crippen molar-refractivity contribution in [2.75, 3.05) is 0 Å². The normalized spacial score (nSPS) is 15.1. The number of aliphatic hydroxyl groups excluding tert-OH is 1. The van der Waals surface area contributed by atoms with Crippen LogP contribution in [0.4, 0.5) is 0 Å². The van der Waals surface area contributed by atoms with Gasteiger partial charge in [0.1, 0.15) is 0 Å². The molecular weight excluding hydrogens is 266 g/mol. The summed E-state index contributed by atoms with van der Waals surface area (Å²) in [4.78, 5) is 27.2. The fourth-order valence-corrected chi connectivity index (χ4v) is 2.75. The van der Waals surface area contributed by atoms with Crippen LogP contribution in [0.2, 0.25) is 0 Å². The number of hydrogen-bond acceptors (Lipinski definition) is 3. The molecule has 0 atom stereocenters. The van der Waals surface area contributed by atoms with Crippen molar-refractivity contribution in [3.05, 3.63) is 63.9 Å². The largest absolute Gasteiger partial charge is 0.504 e. The highest BCUT2D eigenvalue weighted by atomic mass is 16.3. The van der Waals surface area contributed by atoms with Crippen LogP contribution in [0.5, 0.6) is 0 Å². The van der Waals surface area contributed by atoms with Crippen molar-refractivity contribution < 1.29 is 14.7 Å². The summed E-state index contributed by atoms with van der Waals surface area (Å²) in [5, 5.41) is 10.9. The van der Waals surface area contributed by atoms with Gasteiger partial charge in [0, 0.05) is 10.8 Å². The molecular formula is C17H9NO3. The van der Waals surface area contributed by atoms with Crippen molar-refractivity contribution >= 4 is 23.8 Å². The van der Waals surface area contributed by atoms with Gasteiger partial charge < -0.3 is 5.11 Å². The van der Waals surface area contributed by atoms with Crippen molar-refractivity contribution in [2.45, 2.75) is 0 Å². The predicted molar refractivity (Wildman–Crippen MR) is 76.8 cm³/mol. The van der Waals surface area contributed by atoms with E-state index in [2.05, 4.69) is 4.99 Å². The SMILES string of the molecule is O=C1N=c2c(ccc3c2=Cc2ccccc2-3)C=C(O)C1=O. The smallest absolute Gasteiger partial charge is 0.321 e. The Morgan fingerprint density at radius 2 is 1.67 bits per heavy atom. The highest BCUT2D eigenvalue weighted by molar-refractivity contribution is 6.43. The molecule has 4 rings (SSSR count). The summed E-state index contributed by atoms with van der Waals surface area (Å²) in [7, 11) is 0. The maximum atomic E-state index is 11.7. The number of amides is 1. The maximum Gasteiger partial charge on any atom is 0.321 e. The average molecular weight is 275 g/mol. The van der Waals surface area contributed by atoms with E-state index in [1.807, 2.05) is 36.4 Å². The van der Waals surface area contributed by atoms with E-state index < -0.39 is 17.4 Å². The van der Waals surface area contributed by atoms with Gasteiger partial charge in [-0.1, -0.05) is 36.4 Å². The molecule has 0 radical (unpaired) electrons. The lowest BCUT2D eigenvalue weighted by Gasteiger charge is -2.01. The summed E-state index contributed by atoms with van der Waals surface area (Å²) >= 11 is 0. The third-order valence-corrected chi connectivity index (χ3v) is 3.73. The molecule has 0 spiro atoms. The van der Waals surface area contributed by atoms with Crippen LogP contribution in [0.3, 0.4) is 0 Å². The first kappa shape index (κ1) is 11.8. The summed E-state index contributed by atoms with van der Waals surface area (Å²) in [6.07, 6.45) is 3.24. The number of carbonyl (C=O) groups is 2. The van der Waals surface area contributed by atoms with Crippen LogP contribution in [-0.2, 0) is 9.59 Å². The zero-order valence-electron chi connectivity index (χ0n) is 10.8. The van der Waals surface area contributed by atoms with Gasteiger partial charge in [0.2, 0.25) is 0 Å². The molecule has 4 heteroatoms. The zero-order chi connectivity index (χ0) is 14.6. The molecule has 1 aliphatic heterocycles. The second-order valence-electron chi connectivity index (χ2n) is 4.97. The van der Waals surface area contributed by atoms with Gasteiger partial charge >= 0.3 is 5.91 Å². The lowest BCUT2D eigenvalue weighted by Crippen LogP contribution is -2.29. The van der Waals surface area contributed by atoms with Gasteiger partial charge in [-0.15, -0.1) is 0 Å². The van der Waals surface area contributed by atoms with E-state index in [9.17, 15) is 14.7 Å². The van der Waals surface area contributed by atoms with Gasteiger partial charge in [-0.05, 0) is 28.8 Å². The number of nitrogens with zero attached hydrogens (tertiary/aromatic N) is 1. The lowest BCUT2D eigenvalue weighted by atomic mass is 10.0. The molecule has 0 aromatic heterocycles. The Bertz CT molecular complexity index is 984. The first-order valence-electron chi connectivity index (χ1n) is 6.47. The second kappa shape index (κ2) is 3.99. The topological polar surface area (TPSA) is 66.7 Å². The Kier molecular flexibility index (Phi) is 2.24. The number of aliphatic hydroxyl groups is 1. The molecule has 0 bridgehead atoms. The van der Waals surface area contributed by atoms with Crippen molar-refractivity contribution in [3.8, 4) is 11.1 Å². The van der Waals surface area contributed by atoms with Gasteiger partial charge in [-0.25, -0.2) is 4.99 Å². The maximum absolute atomic E-state index is 11.7. The van der Waals surface area contributed by atoms with E-state index in [-0.39, 0.29) is 0 Å². The molecule has 0 fully saturated rings.